The molecule has 0 spiro atoms. The van der Waals surface area contributed by atoms with Gasteiger partial charge >= 0.3 is 0 Å². The molecule has 0 radical (unpaired) electrons. The summed E-state index contributed by atoms with van der Waals surface area (Å²) in [6.45, 7) is 4.19. The lowest BCUT2D eigenvalue weighted by Crippen LogP contribution is -2.20. The summed E-state index contributed by atoms with van der Waals surface area (Å²) in [4.78, 5) is 0.356. The van der Waals surface area contributed by atoms with Crippen LogP contribution in [0.5, 0.6) is 0 Å². The molecule has 1 aromatic carbocycles. The van der Waals surface area contributed by atoms with Gasteiger partial charge in [0.2, 0.25) is 0 Å². The fraction of sp³-hybridized carbons (Fsp3) is 0.500. The predicted octanol–water partition coefficient (Wildman–Crippen LogP) is 1.93. The molecule has 0 heterocycles. The summed E-state index contributed by atoms with van der Waals surface area (Å²) in [7, 11) is -1.50. The number of hydrogen-bond acceptors (Lipinski definition) is 4. The second kappa shape index (κ2) is 6.02. The van der Waals surface area contributed by atoms with E-state index in [-0.39, 0.29) is 11.8 Å². The molecule has 1 rings (SSSR count). The molecule has 0 saturated carbocycles. The fourth-order valence-corrected chi connectivity index (χ4v) is 2.45. The van der Waals surface area contributed by atoms with Gasteiger partial charge in [-0.3, -0.25) is 0 Å². The largest absolute Gasteiger partial charge is 0.383 e. The minimum atomic E-state index is -3.14. The summed E-state index contributed by atoms with van der Waals surface area (Å²) in [6, 6.07) is 7.00. The zero-order valence-corrected chi connectivity index (χ0v) is 11.3. The summed E-state index contributed by atoms with van der Waals surface area (Å²) < 4.78 is 28.4. The van der Waals surface area contributed by atoms with Crippen LogP contribution in [0.15, 0.2) is 29.2 Å². The lowest BCUT2D eigenvalue weighted by Gasteiger charge is -2.14. The highest BCUT2D eigenvalue weighted by atomic mass is 32.2. The van der Waals surface area contributed by atoms with Crippen molar-refractivity contribution in [3.63, 3.8) is 0 Å². The van der Waals surface area contributed by atoms with E-state index in [1.165, 1.54) is 0 Å². The zero-order chi connectivity index (χ0) is 12.9. The lowest BCUT2D eigenvalue weighted by atomic mass is 10.3. The van der Waals surface area contributed by atoms with Crippen molar-refractivity contribution >= 4 is 15.5 Å². The van der Waals surface area contributed by atoms with Crippen molar-refractivity contribution in [1.82, 2.24) is 0 Å². The van der Waals surface area contributed by atoms with Gasteiger partial charge in [-0.1, -0.05) is 13.0 Å². The molecule has 0 aliphatic carbocycles. The number of nitrogens with one attached hydrogen (secondary N) is 1. The standard InChI is InChI=1S/C12H19NO3S/c1-4-17(14,15)12-7-5-6-11(8-12)13-10(2)9-16-3/h5-8,10,13H,4,9H2,1-3H3. The Balaban J connectivity index is 2.87. The molecule has 4 nitrogen and oxygen atoms in total. The van der Waals surface area contributed by atoms with Gasteiger partial charge < -0.3 is 10.1 Å². The molecule has 1 N–H and O–H groups in total. The van der Waals surface area contributed by atoms with Crippen LogP contribution in [0.4, 0.5) is 5.69 Å². The normalized spacial score (nSPS) is 13.4. The molecular formula is C12H19NO3S. The highest BCUT2D eigenvalue weighted by Crippen LogP contribution is 2.17. The number of ether oxygens (including phenoxy) is 1. The van der Waals surface area contributed by atoms with E-state index in [1.54, 1.807) is 32.2 Å². The zero-order valence-electron chi connectivity index (χ0n) is 10.4. The van der Waals surface area contributed by atoms with Crippen molar-refractivity contribution in [3.8, 4) is 0 Å². The van der Waals surface area contributed by atoms with Gasteiger partial charge in [-0.15, -0.1) is 0 Å². The quantitative estimate of drug-likeness (QED) is 0.846. The Morgan fingerprint density at radius 1 is 1.41 bits per heavy atom. The van der Waals surface area contributed by atoms with E-state index >= 15 is 0 Å². The molecule has 0 aromatic heterocycles. The summed E-state index contributed by atoms with van der Waals surface area (Å²) in [5.41, 5.74) is 0.795. The van der Waals surface area contributed by atoms with E-state index in [9.17, 15) is 8.42 Å². The molecule has 17 heavy (non-hydrogen) atoms. The van der Waals surface area contributed by atoms with Crippen LogP contribution in [0.3, 0.4) is 0 Å². The summed E-state index contributed by atoms with van der Waals surface area (Å²) in [5.74, 6) is 0.115. The van der Waals surface area contributed by atoms with Gasteiger partial charge in [0.25, 0.3) is 0 Å². The number of methoxy groups -OCH3 is 1. The molecule has 96 valence electrons. The first-order valence-corrected chi connectivity index (χ1v) is 7.23. The highest BCUT2D eigenvalue weighted by Gasteiger charge is 2.12. The van der Waals surface area contributed by atoms with Gasteiger partial charge in [-0.05, 0) is 25.1 Å². The topological polar surface area (TPSA) is 55.4 Å². The molecule has 0 saturated heterocycles. The first-order valence-electron chi connectivity index (χ1n) is 5.58. The Morgan fingerprint density at radius 3 is 2.71 bits per heavy atom. The predicted molar refractivity (Wildman–Crippen MR) is 69.1 cm³/mol. The smallest absolute Gasteiger partial charge is 0.178 e. The van der Waals surface area contributed by atoms with Gasteiger partial charge in [-0.2, -0.15) is 0 Å². The van der Waals surface area contributed by atoms with Crippen LogP contribution in [0, 0.1) is 0 Å². The molecule has 0 aliphatic rings. The van der Waals surface area contributed by atoms with Crippen LogP contribution in [-0.4, -0.2) is 33.9 Å². The van der Waals surface area contributed by atoms with Crippen molar-refractivity contribution in [2.24, 2.45) is 0 Å². The second-order valence-electron chi connectivity index (χ2n) is 3.93. The lowest BCUT2D eigenvalue weighted by molar-refractivity contribution is 0.190. The Hall–Kier alpha value is -1.07. The summed E-state index contributed by atoms with van der Waals surface area (Å²) in [5, 5.41) is 3.19. The molecule has 1 aromatic rings. The van der Waals surface area contributed by atoms with Crippen molar-refractivity contribution in [2.45, 2.75) is 24.8 Å². The van der Waals surface area contributed by atoms with Crippen LogP contribution in [0.25, 0.3) is 0 Å². The summed E-state index contributed by atoms with van der Waals surface area (Å²) in [6.07, 6.45) is 0. The number of hydrogen-bond donors (Lipinski definition) is 1. The maximum atomic E-state index is 11.7. The van der Waals surface area contributed by atoms with Crippen LogP contribution < -0.4 is 5.32 Å². The Morgan fingerprint density at radius 2 is 2.12 bits per heavy atom. The molecule has 1 unspecified atom stereocenters. The maximum Gasteiger partial charge on any atom is 0.178 e. The number of anilines is 1. The highest BCUT2D eigenvalue weighted by molar-refractivity contribution is 7.91. The molecule has 0 bridgehead atoms. The van der Waals surface area contributed by atoms with Gasteiger partial charge in [-0.25, -0.2) is 8.42 Å². The van der Waals surface area contributed by atoms with Crippen molar-refractivity contribution < 1.29 is 13.2 Å². The fourth-order valence-electron chi connectivity index (χ4n) is 1.52. The maximum absolute atomic E-state index is 11.7. The molecule has 0 amide bonds. The van der Waals surface area contributed by atoms with Gasteiger partial charge in [0.15, 0.2) is 9.84 Å². The van der Waals surface area contributed by atoms with Crippen molar-refractivity contribution in [3.05, 3.63) is 24.3 Å². The van der Waals surface area contributed by atoms with Crippen LogP contribution >= 0.6 is 0 Å². The minimum absolute atomic E-state index is 0.115. The second-order valence-corrected chi connectivity index (χ2v) is 6.21. The molecule has 0 fully saturated rings. The Bertz CT molecular complexity index is 457. The van der Waals surface area contributed by atoms with E-state index in [4.69, 9.17) is 4.74 Å². The summed E-state index contributed by atoms with van der Waals surface area (Å²) >= 11 is 0. The van der Waals surface area contributed by atoms with Crippen LogP contribution in [0.1, 0.15) is 13.8 Å². The average Bonchev–Trinajstić information content (AvgIpc) is 2.29. The van der Waals surface area contributed by atoms with Crippen molar-refractivity contribution in [1.29, 1.82) is 0 Å². The van der Waals surface area contributed by atoms with Crippen LogP contribution in [-0.2, 0) is 14.6 Å². The minimum Gasteiger partial charge on any atom is -0.383 e. The van der Waals surface area contributed by atoms with Crippen molar-refractivity contribution in [2.75, 3.05) is 24.8 Å². The number of sulfone groups is 1. The monoisotopic (exact) mass is 257 g/mol. The number of benzene rings is 1. The van der Waals surface area contributed by atoms with E-state index in [1.807, 2.05) is 13.0 Å². The Labute approximate surface area is 103 Å². The first-order chi connectivity index (χ1) is 7.99. The van der Waals surface area contributed by atoms with Crippen LogP contribution in [0.2, 0.25) is 0 Å². The van der Waals surface area contributed by atoms with E-state index in [2.05, 4.69) is 5.32 Å². The number of rotatable bonds is 6. The molecule has 1 atom stereocenters. The average molecular weight is 257 g/mol. The SMILES string of the molecule is CCS(=O)(=O)c1cccc(NC(C)COC)c1. The van der Waals surface area contributed by atoms with Gasteiger partial charge in [0.05, 0.1) is 17.3 Å². The third-order valence-corrected chi connectivity index (χ3v) is 4.14. The Kier molecular flexibility index (Phi) is 4.96. The molecule has 5 heteroatoms. The van der Waals surface area contributed by atoms with E-state index in [0.717, 1.165) is 5.69 Å². The van der Waals surface area contributed by atoms with E-state index in [0.29, 0.717) is 11.5 Å². The van der Waals surface area contributed by atoms with Gasteiger partial charge in [0.1, 0.15) is 0 Å². The third-order valence-electron chi connectivity index (χ3n) is 2.40. The van der Waals surface area contributed by atoms with Gasteiger partial charge in [0, 0.05) is 18.8 Å². The van der Waals surface area contributed by atoms with E-state index < -0.39 is 9.84 Å². The molecule has 0 aliphatic heterocycles. The third kappa shape index (κ3) is 4.02. The molecular weight excluding hydrogens is 238 g/mol. The first kappa shape index (κ1) is 14.0.